The summed E-state index contributed by atoms with van der Waals surface area (Å²) in [4.78, 5) is 36.7. The maximum absolute atomic E-state index is 12.7. The average molecular weight is 914 g/mol. The Morgan fingerprint density at radius 2 is 0.877 bits per heavy atom. The summed E-state index contributed by atoms with van der Waals surface area (Å²) in [6, 6.07) is 0. The largest absolute Gasteiger partial charge is 0.545 e. The number of allylic oxidation sites excluding steroid dienone is 10. The van der Waals surface area contributed by atoms with E-state index in [1.54, 1.807) is 0 Å². The highest BCUT2D eigenvalue weighted by molar-refractivity contribution is 5.70. The fourth-order valence-corrected chi connectivity index (χ4v) is 7.21. The maximum Gasteiger partial charge on any atom is 0.306 e. The van der Waals surface area contributed by atoms with Crippen molar-refractivity contribution in [2.24, 2.45) is 0 Å². The molecule has 0 aromatic carbocycles. The first-order valence-corrected chi connectivity index (χ1v) is 26.4. The molecule has 0 rings (SSSR count). The van der Waals surface area contributed by atoms with E-state index in [9.17, 15) is 19.5 Å². The second kappa shape index (κ2) is 47.5. The van der Waals surface area contributed by atoms with Crippen molar-refractivity contribution in [3.63, 3.8) is 0 Å². The molecule has 0 aliphatic carbocycles. The Hall–Kier alpha value is -3.01. The minimum absolute atomic E-state index is 0.148. The zero-order valence-corrected chi connectivity index (χ0v) is 42.6. The third-order valence-electron chi connectivity index (χ3n) is 11.3. The lowest BCUT2D eigenvalue weighted by atomic mass is 10.0. The highest BCUT2D eigenvalue weighted by Crippen LogP contribution is 2.16. The van der Waals surface area contributed by atoms with Crippen LogP contribution in [0.1, 0.15) is 219 Å². The van der Waals surface area contributed by atoms with Crippen LogP contribution in [0.5, 0.6) is 0 Å². The number of carboxylic acid groups (broad SMARTS) is 1. The van der Waals surface area contributed by atoms with Crippen molar-refractivity contribution in [3.05, 3.63) is 60.8 Å². The van der Waals surface area contributed by atoms with Gasteiger partial charge in [-0.2, -0.15) is 0 Å². The number of carboxylic acids is 1. The summed E-state index contributed by atoms with van der Waals surface area (Å²) in [5, 5.41) is 11.6. The van der Waals surface area contributed by atoms with Crippen molar-refractivity contribution in [2.45, 2.75) is 232 Å². The van der Waals surface area contributed by atoms with Crippen molar-refractivity contribution >= 4 is 17.9 Å². The lowest BCUT2D eigenvalue weighted by molar-refractivity contribution is -0.870. The zero-order valence-electron chi connectivity index (χ0n) is 42.6. The molecule has 0 aliphatic heterocycles. The van der Waals surface area contributed by atoms with Crippen molar-refractivity contribution in [1.82, 2.24) is 0 Å². The number of carbonyl (C=O) groups excluding carboxylic acids is 3. The van der Waals surface area contributed by atoms with E-state index in [0.717, 1.165) is 77.0 Å². The molecule has 2 unspecified atom stereocenters. The van der Waals surface area contributed by atoms with E-state index in [-0.39, 0.29) is 38.6 Å². The molecule has 0 saturated heterocycles. The highest BCUT2D eigenvalue weighted by atomic mass is 16.7. The Morgan fingerprint density at radius 1 is 0.477 bits per heavy atom. The molecule has 0 fully saturated rings. The summed E-state index contributed by atoms with van der Waals surface area (Å²) < 4.78 is 22.4. The maximum atomic E-state index is 12.7. The van der Waals surface area contributed by atoms with Gasteiger partial charge in [0.1, 0.15) is 13.2 Å². The molecular formula is C56H99NO8. The van der Waals surface area contributed by atoms with Crippen molar-refractivity contribution in [2.75, 3.05) is 47.5 Å². The Balaban J connectivity index is 3.89. The molecule has 9 nitrogen and oxygen atoms in total. The molecule has 65 heavy (non-hydrogen) atoms. The van der Waals surface area contributed by atoms with Crippen LogP contribution >= 0.6 is 0 Å². The molecule has 2 atom stereocenters. The third kappa shape index (κ3) is 48.7. The average Bonchev–Trinajstić information content (AvgIpc) is 3.27. The number of likely N-dealkylation sites (N-methyl/N-ethyl adjacent to an activating group) is 1. The molecule has 0 aliphatic rings. The topological polar surface area (TPSA) is 111 Å². The Labute approximate surface area is 399 Å². The van der Waals surface area contributed by atoms with Crippen LogP contribution in [0.2, 0.25) is 0 Å². The Kier molecular flexibility index (Phi) is 45.3. The van der Waals surface area contributed by atoms with Crippen LogP contribution in [0.25, 0.3) is 0 Å². The van der Waals surface area contributed by atoms with Gasteiger partial charge in [0.2, 0.25) is 0 Å². The number of ether oxygens (including phenoxy) is 4. The lowest BCUT2D eigenvalue weighted by Crippen LogP contribution is -2.44. The highest BCUT2D eigenvalue weighted by Gasteiger charge is 2.22. The Morgan fingerprint density at radius 3 is 1.31 bits per heavy atom. The second-order valence-electron chi connectivity index (χ2n) is 18.8. The number of hydrogen-bond donors (Lipinski definition) is 0. The predicted molar refractivity (Wildman–Crippen MR) is 269 cm³/mol. The van der Waals surface area contributed by atoms with E-state index >= 15 is 0 Å². The summed E-state index contributed by atoms with van der Waals surface area (Å²) in [6.07, 6.45) is 56.2. The molecule has 0 aromatic rings. The number of esters is 2. The molecule has 0 heterocycles. The van der Waals surface area contributed by atoms with Crippen LogP contribution in [0.15, 0.2) is 60.8 Å². The van der Waals surface area contributed by atoms with E-state index < -0.39 is 24.3 Å². The standard InChI is InChI=1S/C56H99NO8/c1-6-8-10-12-13-14-15-16-17-18-19-20-21-22-23-24-25-26-27-28-29-30-31-32-33-34-35-36-37-38-39-40-41-43-45-47-54(59)65-52(50-63-53(58)46-44-42-11-9-7-2)51-64-56(55(60)61)62-49-48-57(3,4)5/h8,10,13-14,16-17,19-20,22-23,52,56H,6-7,9,11-12,15,18,21,24-51H2,1-5H3/b10-8-,14-13-,17-16-,20-19-,23-22-. The van der Waals surface area contributed by atoms with Crippen LogP contribution in [0, 0.1) is 0 Å². The summed E-state index contributed by atoms with van der Waals surface area (Å²) in [7, 11) is 5.90. The lowest BCUT2D eigenvalue weighted by Gasteiger charge is -2.26. The summed E-state index contributed by atoms with van der Waals surface area (Å²) in [6.45, 7) is 4.54. The second-order valence-corrected chi connectivity index (χ2v) is 18.8. The molecule has 0 spiro atoms. The molecule has 0 amide bonds. The van der Waals surface area contributed by atoms with Gasteiger partial charge in [-0.25, -0.2) is 0 Å². The van der Waals surface area contributed by atoms with Gasteiger partial charge in [-0.05, 0) is 57.8 Å². The van der Waals surface area contributed by atoms with Gasteiger partial charge in [0, 0.05) is 12.8 Å². The van der Waals surface area contributed by atoms with Gasteiger partial charge in [-0.15, -0.1) is 0 Å². The number of carbonyl (C=O) groups is 3. The molecule has 0 N–H and O–H groups in total. The van der Waals surface area contributed by atoms with E-state index in [1.807, 2.05) is 21.1 Å². The van der Waals surface area contributed by atoms with Crippen LogP contribution < -0.4 is 5.11 Å². The van der Waals surface area contributed by atoms with Crippen LogP contribution in [0.3, 0.4) is 0 Å². The van der Waals surface area contributed by atoms with Crippen LogP contribution in [0.4, 0.5) is 0 Å². The fourth-order valence-electron chi connectivity index (χ4n) is 7.21. The first kappa shape index (κ1) is 62.0. The first-order chi connectivity index (χ1) is 31.6. The van der Waals surface area contributed by atoms with Crippen molar-refractivity contribution < 1.29 is 42.9 Å². The summed E-state index contributed by atoms with van der Waals surface area (Å²) in [5.74, 6) is -2.29. The molecule has 376 valence electrons. The van der Waals surface area contributed by atoms with Gasteiger partial charge >= 0.3 is 11.9 Å². The molecule has 0 bridgehead atoms. The van der Waals surface area contributed by atoms with Gasteiger partial charge in [0.15, 0.2) is 12.4 Å². The summed E-state index contributed by atoms with van der Waals surface area (Å²) >= 11 is 0. The predicted octanol–water partition coefficient (Wildman–Crippen LogP) is 13.6. The van der Waals surface area contributed by atoms with Gasteiger partial charge < -0.3 is 33.3 Å². The van der Waals surface area contributed by atoms with Gasteiger partial charge in [0.05, 0.1) is 40.3 Å². The third-order valence-corrected chi connectivity index (χ3v) is 11.3. The fraction of sp³-hybridized carbons (Fsp3) is 0.768. The molecule has 9 heteroatoms. The smallest absolute Gasteiger partial charge is 0.306 e. The van der Waals surface area contributed by atoms with E-state index in [4.69, 9.17) is 18.9 Å². The number of rotatable bonds is 48. The normalized spacial score (nSPS) is 13.3. The molecular weight excluding hydrogens is 815 g/mol. The van der Waals surface area contributed by atoms with E-state index in [2.05, 4.69) is 74.6 Å². The first-order valence-electron chi connectivity index (χ1n) is 26.4. The minimum Gasteiger partial charge on any atom is -0.545 e. The monoisotopic (exact) mass is 914 g/mol. The quantitative estimate of drug-likeness (QED) is 0.0195. The summed E-state index contributed by atoms with van der Waals surface area (Å²) in [5.41, 5.74) is 0. The van der Waals surface area contributed by atoms with E-state index in [1.165, 1.54) is 109 Å². The number of hydrogen-bond acceptors (Lipinski definition) is 8. The van der Waals surface area contributed by atoms with E-state index in [0.29, 0.717) is 17.4 Å². The van der Waals surface area contributed by atoms with Gasteiger partial charge in [0.25, 0.3) is 0 Å². The van der Waals surface area contributed by atoms with Gasteiger partial charge in [-0.3, -0.25) is 9.59 Å². The molecule has 0 aromatic heterocycles. The molecule has 0 saturated carbocycles. The Bertz CT molecular complexity index is 1250. The van der Waals surface area contributed by atoms with Crippen molar-refractivity contribution in [1.29, 1.82) is 0 Å². The van der Waals surface area contributed by atoms with Crippen LogP contribution in [-0.4, -0.2) is 82.3 Å². The van der Waals surface area contributed by atoms with Gasteiger partial charge in [-0.1, -0.05) is 209 Å². The number of quaternary nitrogens is 1. The number of nitrogens with zero attached hydrogens (tertiary/aromatic N) is 1. The number of unbranched alkanes of at least 4 members (excludes halogenated alkanes) is 23. The molecule has 0 radical (unpaired) electrons. The minimum atomic E-state index is -1.62. The number of aliphatic carboxylic acids is 1. The zero-order chi connectivity index (χ0) is 47.7. The SMILES string of the molecule is CC/C=C\C/C=C\C/C=C\C/C=C\C/C=C\CCCCCCCCCCCCCCCCCCCCCC(=O)OC(COC(=O)CCCCCCC)COC(OCC[N+](C)(C)C)C(=O)[O-]. The van der Waals surface area contributed by atoms with Crippen molar-refractivity contribution in [3.8, 4) is 0 Å². The van der Waals surface area contributed by atoms with Crippen LogP contribution in [-0.2, 0) is 33.3 Å².